The van der Waals surface area contributed by atoms with Crippen LogP contribution in [0.5, 0.6) is 0 Å². The fourth-order valence-electron chi connectivity index (χ4n) is 4.51. The normalized spacial score (nSPS) is 17.4. The van der Waals surface area contributed by atoms with Crippen molar-refractivity contribution in [3.8, 4) is 0 Å². The Kier molecular flexibility index (Phi) is 11.7. The number of carbonyl (C=O) groups is 3. The Hall–Kier alpha value is -2.34. The third-order valence-corrected chi connectivity index (χ3v) is 8.96. The molecule has 0 radical (unpaired) electrons. The van der Waals surface area contributed by atoms with Crippen molar-refractivity contribution < 1.29 is 27.2 Å². The Labute approximate surface area is 226 Å². The molecule has 1 saturated heterocycles. The first-order chi connectivity index (χ1) is 17.4. The molecule has 2 rings (SSSR count). The topological polar surface area (TPSA) is 153 Å². The second-order valence-corrected chi connectivity index (χ2v) is 12.6. The Balaban J connectivity index is 2.15. The molecule has 0 bridgehead atoms. The molecule has 1 fully saturated rings. The highest BCUT2D eigenvalue weighted by atomic mass is 79.9. The maximum absolute atomic E-state index is 13.6. The number of nitrogens with two attached hydrogens (primary N) is 2. The van der Waals surface area contributed by atoms with Crippen LogP contribution < -0.4 is 11.5 Å². The van der Waals surface area contributed by atoms with E-state index in [2.05, 4.69) is 20.9 Å². The molecule has 1 aromatic carbocycles. The van der Waals surface area contributed by atoms with Gasteiger partial charge in [-0.15, -0.1) is 0 Å². The molecule has 0 saturated carbocycles. The van der Waals surface area contributed by atoms with Crippen LogP contribution in [-0.2, 0) is 24.2 Å². The van der Waals surface area contributed by atoms with E-state index >= 15 is 0 Å². The second kappa shape index (κ2) is 14.0. The molecule has 9 nitrogen and oxygen atoms in total. The van der Waals surface area contributed by atoms with Gasteiger partial charge in [0.2, 0.25) is 5.91 Å². The van der Waals surface area contributed by atoms with E-state index in [1.165, 1.54) is 17.0 Å². The number of guanidine groups is 1. The third kappa shape index (κ3) is 8.87. The van der Waals surface area contributed by atoms with E-state index in [1.807, 2.05) is 0 Å². The Morgan fingerprint density at radius 1 is 1.19 bits per heavy atom. The summed E-state index contributed by atoms with van der Waals surface area (Å²) in [5.74, 6) is -3.82. The number of rotatable bonds is 14. The summed E-state index contributed by atoms with van der Waals surface area (Å²) < 4.78 is 40.0. The summed E-state index contributed by atoms with van der Waals surface area (Å²) in [5.41, 5.74) is 10.6. The Bertz CT molecular complexity index is 1090. The summed E-state index contributed by atoms with van der Waals surface area (Å²) in [5, 5.41) is 0. The lowest BCUT2D eigenvalue weighted by atomic mass is 9.89. The van der Waals surface area contributed by atoms with E-state index in [-0.39, 0.29) is 47.7 Å². The highest BCUT2D eigenvalue weighted by Crippen LogP contribution is 2.28. The number of Topliss-reactive ketones (excluding diaryl/α,β-unsaturated/α-hetero) is 2. The van der Waals surface area contributed by atoms with E-state index in [1.54, 1.807) is 26.0 Å². The van der Waals surface area contributed by atoms with Gasteiger partial charge in [-0.3, -0.25) is 19.4 Å². The predicted octanol–water partition coefficient (Wildman–Crippen LogP) is 2.65. The average molecular weight is 604 g/mol. The number of sulfone groups is 1. The van der Waals surface area contributed by atoms with Crippen molar-refractivity contribution in [3.05, 3.63) is 28.7 Å². The first kappa shape index (κ1) is 30.9. The third-order valence-electron chi connectivity index (χ3n) is 6.64. The molecule has 4 N–H and O–H groups in total. The predicted molar refractivity (Wildman–Crippen MR) is 143 cm³/mol. The van der Waals surface area contributed by atoms with Crippen molar-refractivity contribution in [1.29, 1.82) is 0 Å². The fraction of sp³-hybridized carbons (Fsp3) is 0.600. The van der Waals surface area contributed by atoms with E-state index < -0.39 is 46.1 Å². The highest BCUT2D eigenvalue weighted by Gasteiger charge is 2.40. The molecular formula is C25H36BrFN4O5S. The number of hydrogen-bond acceptors (Lipinski definition) is 6. The number of hydrogen-bond donors (Lipinski definition) is 2. The summed E-state index contributed by atoms with van der Waals surface area (Å²) >= 11 is 3.28. The van der Waals surface area contributed by atoms with E-state index in [0.29, 0.717) is 25.8 Å². The zero-order valence-electron chi connectivity index (χ0n) is 21.2. The number of halogens is 2. The van der Waals surface area contributed by atoms with Gasteiger partial charge in [-0.25, -0.2) is 12.8 Å². The quantitative estimate of drug-likeness (QED) is 0.188. The molecule has 0 aliphatic carbocycles. The lowest BCUT2D eigenvalue weighted by Gasteiger charge is -2.30. The summed E-state index contributed by atoms with van der Waals surface area (Å²) in [6.45, 7) is 2.95. The smallest absolute Gasteiger partial charge is 0.227 e. The van der Waals surface area contributed by atoms with Crippen molar-refractivity contribution in [1.82, 2.24) is 4.90 Å². The molecule has 0 spiro atoms. The number of aliphatic imine (C=N–C) groups is 1. The van der Waals surface area contributed by atoms with Crippen LogP contribution in [0.3, 0.4) is 0 Å². The van der Waals surface area contributed by atoms with Crippen LogP contribution in [0.4, 0.5) is 4.39 Å². The standard InChI is InChI=1S/C25H36BrFN4O5S/c1-16(2)20(15-37(35,36)19-9-7-18(26)8-10-19)24(34)31-12-4-6-21(31)22(32)13-17(23(33)14-27)5-3-11-30-25(28)29/h7-10,16-17,20-21H,3-6,11-15H2,1-2H3,(H4,28,29,30)/t17-,20+,21+/m1/s1. The van der Waals surface area contributed by atoms with Crippen LogP contribution in [0.1, 0.15) is 46.0 Å². The lowest BCUT2D eigenvalue weighted by Crippen LogP contribution is -2.47. The van der Waals surface area contributed by atoms with Gasteiger partial charge in [0, 0.05) is 29.9 Å². The van der Waals surface area contributed by atoms with Gasteiger partial charge in [0.15, 0.2) is 27.4 Å². The minimum atomic E-state index is -3.75. The molecule has 0 unspecified atom stereocenters. The van der Waals surface area contributed by atoms with Gasteiger partial charge in [-0.2, -0.15) is 0 Å². The molecule has 0 aromatic heterocycles. The highest BCUT2D eigenvalue weighted by molar-refractivity contribution is 9.10. The summed E-state index contributed by atoms with van der Waals surface area (Å²) in [4.78, 5) is 44.3. The summed E-state index contributed by atoms with van der Waals surface area (Å²) in [7, 11) is -3.75. The van der Waals surface area contributed by atoms with Crippen LogP contribution >= 0.6 is 15.9 Å². The Morgan fingerprint density at radius 3 is 2.41 bits per heavy atom. The monoisotopic (exact) mass is 602 g/mol. The largest absolute Gasteiger partial charge is 0.370 e. The van der Waals surface area contributed by atoms with Gasteiger partial charge in [0.1, 0.15) is 6.67 Å². The van der Waals surface area contributed by atoms with Crippen LogP contribution in [0.25, 0.3) is 0 Å². The maximum Gasteiger partial charge on any atom is 0.227 e. The zero-order valence-corrected chi connectivity index (χ0v) is 23.6. The number of benzene rings is 1. The van der Waals surface area contributed by atoms with Crippen molar-refractivity contribution in [2.45, 2.75) is 56.9 Å². The average Bonchev–Trinajstić information content (AvgIpc) is 3.33. The number of ketones is 2. The summed E-state index contributed by atoms with van der Waals surface area (Å²) in [6, 6.07) is 5.45. The maximum atomic E-state index is 13.6. The SMILES string of the molecule is CC(C)[C@H](CS(=O)(=O)c1ccc(Br)cc1)C(=O)N1CCC[C@H]1C(=O)C[C@@H](CCCN=C(N)N)C(=O)CF. The number of amides is 1. The minimum Gasteiger partial charge on any atom is -0.370 e. The van der Waals surface area contributed by atoms with Crippen molar-refractivity contribution in [3.63, 3.8) is 0 Å². The molecule has 1 aliphatic rings. The zero-order chi connectivity index (χ0) is 27.8. The van der Waals surface area contributed by atoms with Crippen molar-refractivity contribution in [2.24, 2.45) is 34.2 Å². The first-order valence-corrected chi connectivity index (χ1v) is 14.8. The minimum absolute atomic E-state index is 0.0913. The van der Waals surface area contributed by atoms with Crippen LogP contribution in [0.2, 0.25) is 0 Å². The van der Waals surface area contributed by atoms with Crippen molar-refractivity contribution >= 4 is 49.2 Å². The Morgan fingerprint density at radius 2 is 1.84 bits per heavy atom. The van der Waals surface area contributed by atoms with Gasteiger partial charge >= 0.3 is 0 Å². The molecule has 1 aromatic rings. The molecule has 1 heterocycles. The van der Waals surface area contributed by atoms with Gasteiger partial charge < -0.3 is 16.4 Å². The molecule has 3 atom stereocenters. The van der Waals surface area contributed by atoms with Crippen LogP contribution in [0.15, 0.2) is 38.6 Å². The first-order valence-electron chi connectivity index (χ1n) is 12.3. The molecular weight excluding hydrogens is 567 g/mol. The molecule has 12 heteroatoms. The second-order valence-electron chi connectivity index (χ2n) is 9.69. The van der Waals surface area contributed by atoms with Crippen molar-refractivity contribution in [2.75, 3.05) is 25.5 Å². The van der Waals surface area contributed by atoms with Gasteiger partial charge in [-0.05, 0) is 55.9 Å². The number of nitrogens with zero attached hydrogens (tertiary/aromatic N) is 2. The fourth-order valence-corrected chi connectivity index (χ4v) is 6.52. The number of alkyl halides is 1. The molecule has 37 heavy (non-hydrogen) atoms. The van der Waals surface area contributed by atoms with E-state index in [4.69, 9.17) is 11.5 Å². The number of carbonyl (C=O) groups excluding carboxylic acids is 3. The van der Waals surface area contributed by atoms with Crippen LogP contribution in [-0.4, -0.2) is 68.3 Å². The van der Waals surface area contributed by atoms with E-state index in [9.17, 15) is 27.2 Å². The van der Waals surface area contributed by atoms with E-state index in [0.717, 1.165) is 4.47 Å². The van der Waals surface area contributed by atoms with Crippen LogP contribution in [0, 0.1) is 17.8 Å². The molecule has 206 valence electrons. The van der Waals surface area contributed by atoms with Gasteiger partial charge in [-0.1, -0.05) is 29.8 Å². The molecule has 1 amide bonds. The van der Waals surface area contributed by atoms with Gasteiger partial charge in [0.05, 0.1) is 22.6 Å². The summed E-state index contributed by atoms with van der Waals surface area (Å²) in [6.07, 6.45) is 1.45. The lowest BCUT2D eigenvalue weighted by molar-refractivity contribution is -0.142. The molecule has 1 aliphatic heterocycles. The van der Waals surface area contributed by atoms with Gasteiger partial charge in [0.25, 0.3) is 0 Å². The number of likely N-dealkylation sites (tertiary alicyclic amines) is 1.